The van der Waals surface area contributed by atoms with Gasteiger partial charge in [0.1, 0.15) is 0 Å². The third-order valence-electron chi connectivity index (χ3n) is 2.82. The summed E-state index contributed by atoms with van der Waals surface area (Å²) in [6.45, 7) is 3.49. The van der Waals surface area contributed by atoms with Crippen molar-refractivity contribution in [2.24, 2.45) is 0 Å². The van der Waals surface area contributed by atoms with Crippen LogP contribution in [0.25, 0.3) is 0 Å². The highest BCUT2D eigenvalue weighted by Gasteiger charge is 2.09. The Kier molecular flexibility index (Phi) is 6.02. The number of carboxylic acid groups (broad SMARTS) is 1. The number of carbonyl (C=O) groups is 2. The fourth-order valence-electron chi connectivity index (χ4n) is 1.74. The van der Waals surface area contributed by atoms with E-state index in [-0.39, 0.29) is 11.5 Å². The van der Waals surface area contributed by atoms with Crippen molar-refractivity contribution >= 4 is 17.6 Å². The summed E-state index contributed by atoms with van der Waals surface area (Å²) in [4.78, 5) is 23.5. The molecule has 1 aromatic rings. The van der Waals surface area contributed by atoms with Gasteiger partial charge in [-0.15, -0.1) is 0 Å². The van der Waals surface area contributed by atoms with Crippen molar-refractivity contribution in [2.75, 3.05) is 25.5 Å². The molecule has 0 aliphatic carbocycles. The molecule has 1 amide bonds. The van der Waals surface area contributed by atoms with Crippen molar-refractivity contribution in [1.82, 2.24) is 0 Å². The second-order valence-electron chi connectivity index (χ2n) is 4.65. The van der Waals surface area contributed by atoms with Crippen LogP contribution in [0.3, 0.4) is 0 Å². The number of unbranched alkanes of at least 4 members (excludes halogenated alkanes) is 1. The minimum absolute atomic E-state index is 0.0743. The highest BCUT2D eigenvalue weighted by atomic mass is 16.4. The van der Waals surface area contributed by atoms with Crippen LogP contribution in [0.2, 0.25) is 0 Å². The zero-order valence-corrected chi connectivity index (χ0v) is 11.4. The van der Waals surface area contributed by atoms with Crippen molar-refractivity contribution in [3.8, 4) is 0 Å². The quantitative estimate of drug-likeness (QED) is 0.684. The highest BCUT2D eigenvalue weighted by molar-refractivity contribution is 5.92. The van der Waals surface area contributed by atoms with E-state index < -0.39 is 5.97 Å². The molecule has 0 aliphatic heterocycles. The molecule has 0 radical (unpaired) electrons. The van der Waals surface area contributed by atoms with Crippen LogP contribution in [0, 0.1) is 0 Å². The van der Waals surface area contributed by atoms with E-state index in [1.54, 1.807) is 12.1 Å². The van der Waals surface area contributed by atoms with Crippen molar-refractivity contribution in [2.45, 2.75) is 19.8 Å². The summed E-state index contributed by atoms with van der Waals surface area (Å²) in [5.41, 5.74) is 0.696. The molecule has 104 valence electrons. The fourth-order valence-corrected chi connectivity index (χ4v) is 1.74. The molecule has 0 saturated heterocycles. The molecule has 0 heterocycles. The third-order valence-corrected chi connectivity index (χ3v) is 2.82. The van der Waals surface area contributed by atoms with Crippen molar-refractivity contribution < 1.29 is 19.6 Å². The van der Waals surface area contributed by atoms with Crippen LogP contribution in [0.5, 0.6) is 0 Å². The van der Waals surface area contributed by atoms with Crippen LogP contribution in [0.1, 0.15) is 30.1 Å². The Morgan fingerprint density at radius 3 is 2.42 bits per heavy atom. The number of amides is 1. The lowest BCUT2D eigenvalue weighted by Gasteiger charge is -2.13. The highest BCUT2D eigenvalue weighted by Crippen LogP contribution is 2.08. The van der Waals surface area contributed by atoms with Crippen molar-refractivity contribution in [1.29, 1.82) is 0 Å². The molecule has 1 rings (SSSR count). The summed E-state index contributed by atoms with van der Waals surface area (Å²) in [6.07, 6.45) is 2.21. The molecule has 0 spiro atoms. The Morgan fingerprint density at radius 1 is 1.26 bits per heavy atom. The second-order valence-corrected chi connectivity index (χ2v) is 4.65. The molecule has 1 aromatic carbocycles. The van der Waals surface area contributed by atoms with E-state index in [4.69, 9.17) is 0 Å². The SMILES string of the molecule is CCCC[NH+](C)CC(=O)Nc1ccc(C(=O)[O-])cc1. The Labute approximate surface area is 113 Å². The van der Waals surface area contributed by atoms with Gasteiger partial charge in [0.15, 0.2) is 6.54 Å². The first-order valence-corrected chi connectivity index (χ1v) is 6.45. The Morgan fingerprint density at radius 2 is 1.89 bits per heavy atom. The van der Waals surface area contributed by atoms with Gasteiger partial charge in [-0.3, -0.25) is 4.79 Å². The lowest BCUT2D eigenvalue weighted by molar-refractivity contribution is -0.871. The molecule has 5 heteroatoms. The number of anilines is 1. The first kappa shape index (κ1) is 15.2. The zero-order chi connectivity index (χ0) is 14.3. The van der Waals surface area contributed by atoms with Gasteiger partial charge in [-0.2, -0.15) is 0 Å². The Hall–Kier alpha value is -1.88. The zero-order valence-electron chi connectivity index (χ0n) is 11.4. The number of carboxylic acids is 1. The van der Waals surface area contributed by atoms with Gasteiger partial charge < -0.3 is 20.1 Å². The summed E-state index contributed by atoms with van der Waals surface area (Å²) in [5, 5.41) is 13.3. The van der Waals surface area contributed by atoms with Crippen LogP contribution in [-0.4, -0.2) is 32.0 Å². The van der Waals surface area contributed by atoms with E-state index >= 15 is 0 Å². The van der Waals surface area contributed by atoms with Gasteiger partial charge in [0.2, 0.25) is 0 Å². The summed E-state index contributed by atoms with van der Waals surface area (Å²) >= 11 is 0. The van der Waals surface area contributed by atoms with E-state index in [1.807, 2.05) is 7.05 Å². The van der Waals surface area contributed by atoms with E-state index in [9.17, 15) is 14.7 Å². The maximum absolute atomic E-state index is 11.7. The standard InChI is InChI=1S/C14H20N2O3/c1-3-4-9-16(2)10-13(17)15-12-7-5-11(6-8-12)14(18)19/h5-8H,3-4,9-10H2,1-2H3,(H,15,17)(H,18,19). The smallest absolute Gasteiger partial charge is 0.279 e. The summed E-state index contributed by atoms with van der Waals surface area (Å²) in [7, 11) is 1.98. The average molecular weight is 264 g/mol. The number of hydrogen-bond donors (Lipinski definition) is 2. The van der Waals surface area contributed by atoms with Gasteiger partial charge >= 0.3 is 0 Å². The van der Waals surface area contributed by atoms with Crippen molar-refractivity contribution in [3.63, 3.8) is 0 Å². The van der Waals surface area contributed by atoms with E-state index in [0.717, 1.165) is 24.3 Å². The lowest BCUT2D eigenvalue weighted by atomic mass is 10.2. The van der Waals surface area contributed by atoms with Crippen molar-refractivity contribution in [3.05, 3.63) is 29.8 Å². The predicted molar refractivity (Wildman–Crippen MR) is 70.9 cm³/mol. The molecular weight excluding hydrogens is 244 g/mol. The molecule has 1 unspecified atom stereocenters. The topological polar surface area (TPSA) is 73.7 Å². The summed E-state index contributed by atoms with van der Waals surface area (Å²) in [6, 6.07) is 5.95. The number of quaternary nitrogens is 1. The van der Waals surface area contributed by atoms with Crippen LogP contribution in [0.4, 0.5) is 5.69 Å². The summed E-state index contributed by atoms with van der Waals surface area (Å²) in [5.74, 6) is -1.29. The minimum atomic E-state index is -1.22. The number of carbonyl (C=O) groups excluding carboxylic acids is 2. The number of benzene rings is 1. The molecule has 5 nitrogen and oxygen atoms in total. The minimum Gasteiger partial charge on any atom is -0.545 e. The van der Waals surface area contributed by atoms with Crippen LogP contribution in [-0.2, 0) is 4.79 Å². The number of aromatic carboxylic acids is 1. The Balaban J connectivity index is 2.45. The molecule has 2 N–H and O–H groups in total. The van der Waals surface area contributed by atoms with Gasteiger partial charge in [-0.1, -0.05) is 25.5 Å². The Bertz CT molecular complexity index is 429. The normalized spacial score (nSPS) is 11.9. The molecule has 1 atom stereocenters. The number of likely N-dealkylation sites (N-methyl/N-ethyl adjacent to an activating group) is 1. The van der Waals surface area contributed by atoms with E-state index in [2.05, 4.69) is 12.2 Å². The molecule has 0 fully saturated rings. The first-order chi connectivity index (χ1) is 9.02. The lowest BCUT2D eigenvalue weighted by Crippen LogP contribution is -3.10. The van der Waals surface area contributed by atoms with Gasteiger partial charge in [-0.05, 0) is 24.1 Å². The number of hydrogen-bond acceptors (Lipinski definition) is 3. The predicted octanol–water partition coefficient (Wildman–Crippen LogP) is -0.697. The van der Waals surface area contributed by atoms with Gasteiger partial charge in [0.05, 0.1) is 19.6 Å². The van der Waals surface area contributed by atoms with Crippen LogP contribution >= 0.6 is 0 Å². The van der Waals surface area contributed by atoms with Gasteiger partial charge in [0, 0.05) is 5.69 Å². The third kappa shape index (κ3) is 5.52. The second kappa shape index (κ2) is 7.53. The largest absolute Gasteiger partial charge is 0.545 e. The fraction of sp³-hybridized carbons (Fsp3) is 0.429. The molecule has 0 aromatic heterocycles. The van der Waals surface area contributed by atoms with Crippen LogP contribution in [0.15, 0.2) is 24.3 Å². The average Bonchev–Trinajstić information content (AvgIpc) is 2.36. The number of rotatable bonds is 7. The molecular formula is C14H20N2O3. The first-order valence-electron chi connectivity index (χ1n) is 6.45. The van der Waals surface area contributed by atoms with Gasteiger partial charge in [0.25, 0.3) is 5.91 Å². The molecule has 19 heavy (non-hydrogen) atoms. The van der Waals surface area contributed by atoms with Crippen LogP contribution < -0.4 is 15.3 Å². The monoisotopic (exact) mass is 264 g/mol. The maximum atomic E-state index is 11.7. The molecule has 0 aliphatic rings. The summed E-state index contributed by atoms with van der Waals surface area (Å²) < 4.78 is 0. The maximum Gasteiger partial charge on any atom is 0.279 e. The molecule has 0 bridgehead atoms. The number of nitrogens with one attached hydrogen (secondary N) is 2. The van der Waals surface area contributed by atoms with E-state index in [1.165, 1.54) is 12.1 Å². The molecule has 0 saturated carbocycles. The van der Waals surface area contributed by atoms with Gasteiger partial charge in [-0.25, -0.2) is 0 Å². The van der Waals surface area contributed by atoms with E-state index in [0.29, 0.717) is 12.2 Å².